The second kappa shape index (κ2) is 5.00. The van der Waals surface area contributed by atoms with Gasteiger partial charge in [0.1, 0.15) is 5.76 Å². The van der Waals surface area contributed by atoms with Crippen molar-refractivity contribution in [2.45, 2.75) is 6.42 Å². The number of halogens is 1. The maximum Gasteiger partial charge on any atom is 0.217 e. The minimum Gasteiger partial charge on any atom is -0.497 e. The summed E-state index contributed by atoms with van der Waals surface area (Å²) in [7, 11) is -0.538. The lowest BCUT2D eigenvalue weighted by atomic mass is 10.2. The summed E-state index contributed by atoms with van der Waals surface area (Å²) in [5, 5.41) is 0. The quantitative estimate of drug-likeness (QED) is 0.603. The van der Waals surface area contributed by atoms with Crippen LogP contribution < -0.4 is 0 Å². The van der Waals surface area contributed by atoms with Gasteiger partial charge in [-0.25, -0.2) is 0 Å². The van der Waals surface area contributed by atoms with Crippen molar-refractivity contribution in [1.82, 2.24) is 0 Å². The monoisotopic (exact) mass is 208 g/mol. The lowest BCUT2D eigenvalue weighted by molar-refractivity contribution is 0.305. The smallest absolute Gasteiger partial charge is 0.217 e. The van der Waals surface area contributed by atoms with Crippen LogP contribution in [0, 0.1) is 0 Å². The minimum atomic E-state index is -2.09. The van der Waals surface area contributed by atoms with Gasteiger partial charge in [0.25, 0.3) is 0 Å². The molecule has 0 atom stereocenters. The van der Waals surface area contributed by atoms with Gasteiger partial charge in [-0.15, -0.1) is 12.4 Å². The zero-order valence-electron chi connectivity index (χ0n) is 6.48. The summed E-state index contributed by atoms with van der Waals surface area (Å²) in [4.78, 5) is 0.394. The van der Waals surface area contributed by atoms with Crippen molar-refractivity contribution in [1.29, 1.82) is 0 Å². The third kappa shape index (κ3) is 2.71. The van der Waals surface area contributed by atoms with E-state index in [9.17, 15) is 8.42 Å². The van der Waals surface area contributed by atoms with Crippen LogP contribution in [0.15, 0.2) is 24.0 Å². The van der Waals surface area contributed by atoms with Crippen molar-refractivity contribution in [2.75, 3.05) is 7.11 Å². The summed E-state index contributed by atoms with van der Waals surface area (Å²) in [5.41, 5.74) is 0. The van der Waals surface area contributed by atoms with Crippen molar-refractivity contribution in [3.05, 3.63) is 24.0 Å². The molecule has 0 aromatic carbocycles. The summed E-state index contributed by atoms with van der Waals surface area (Å²) in [5.74, 6) is 0.708. The lowest BCUT2D eigenvalue weighted by Gasteiger charge is -2.03. The minimum absolute atomic E-state index is 0. The highest BCUT2D eigenvalue weighted by Crippen LogP contribution is 2.07. The summed E-state index contributed by atoms with van der Waals surface area (Å²) in [6.07, 6.45) is 5.33. The molecule has 0 fully saturated rings. The first kappa shape index (κ1) is 11.3. The van der Waals surface area contributed by atoms with Crippen molar-refractivity contribution < 1.29 is 13.2 Å². The molecule has 12 heavy (non-hydrogen) atoms. The van der Waals surface area contributed by atoms with Gasteiger partial charge in [0, 0.05) is 6.42 Å². The number of allylic oxidation sites excluding steroid dienone is 3. The van der Waals surface area contributed by atoms with Gasteiger partial charge in [0.05, 0.1) is 12.0 Å². The van der Waals surface area contributed by atoms with Crippen LogP contribution in [0.4, 0.5) is 0 Å². The molecule has 0 saturated carbocycles. The molecule has 0 unspecified atom stereocenters. The molecule has 0 aliphatic heterocycles. The molecule has 5 heteroatoms. The Kier molecular flexibility index (Phi) is 4.70. The molecule has 0 radical (unpaired) electrons. The number of ether oxygens (including phenoxy) is 1. The first-order valence-electron chi connectivity index (χ1n) is 3.11. The largest absolute Gasteiger partial charge is 0.497 e. The fourth-order valence-electron chi connectivity index (χ4n) is 0.787. The fraction of sp³-hybridized carbons (Fsp3) is 0.286. The summed E-state index contributed by atoms with van der Waals surface area (Å²) in [6, 6.07) is 0. The Bertz CT molecular complexity index is 330. The van der Waals surface area contributed by atoms with E-state index in [2.05, 4.69) is 0 Å². The maximum atomic E-state index is 10.4. The Labute approximate surface area is 78.7 Å². The van der Waals surface area contributed by atoms with Gasteiger partial charge in [-0.2, -0.15) is 8.42 Å². The van der Waals surface area contributed by atoms with Crippen LogP contribution in [0.1, 0.15) is 6.42 Å². The van der Waals surface area contributed by atoms with E-state index >= 15 is 0 Å². The molecule has 68 valence electrons. The van der Waals surface area contributed by atoms with E-state index < -0.39 is 10.3 Å². The van der Waals surface area contributed by atoms with Crippen LogP contribution in [0.5, 0.6) is 0 Å². The van der Waals surface area contributed by atoms with E-state index in [1.165, 1.54) is 0 Å². The first-order valence-corrected chi connectivity index (χ1v) is 4.19. The van der Waals surface area contributed by atoms with E-state index in [4.69, 9.17) is 4.74 Å². The first-order chi connectivity index (χ1) is 5.24. The van der Waals surface area contributed by atoms with Crippen LogP contribution in [-0.2, 0) is 15.0 Å². The average molecular weight is 209 g/mol. The van der Waals surface area contributed by atoms with Gasteiger partial charge in [-0.05, 0) is 18.2 Å². The molecule has 0 saturated heterocycles. The molecule has 1 aliphatic carbocycles. The lowest BCUT2D eigenvalue weighted by Crippen LogP contribution is -1.99. The molecule has 0 amide bonds. The topological polar surface area (TPSA) is 43.4 Å². The van der Waals surface area contributed by atoms with Gasteiger partial charge in [0.15, 0.2) is 0 Å². The standard InChI is InChI=1S/C7H8O3S.ClH/c1-10-6-2-4-7(5-3-6)11(8)9;/h2-4H,5H2,1H3;1H. The molecule has 1 aliphatic rings. The van der Waals surface area contributed by atoms with Gasteiger partial charge >= 0.3 is 0 Å². The summed E-state index contributed by atoms with van der Waals surface area (Å²) >= 11 is 0. The number of rotatable bonds is 1. The Morgan fingerprint density at radius 3 is 2.42 bits per heavy atom. The van der Waals surface area contributed by atoms with Crippen LogP contribution >= 0.6 is 12.4 Å². The second-order valence-electron chi connectivity index (χ2n) is 2.05. The molecule has 0 N–H and O–H groups in total. The van der Waals surface area contributed by atoms with E-state index in [-0.39, 0.29) is 12.4 Å². The van der Waals surface area contributed by atoms with Crippen LogP contribution in [0.3, 0.4) is 0 Å². The van der Waals surface area contributed by atoms with Gasteiger partial charge in [-0.1, -0.05) is 0 Å². The normalized spacial score (nSPS) is 14.8. The molecular formula is C7H9ClO3S. The Balaban J connectivity index is 0.00000121. The third-order valence-corrected chi connectivity index (χ3v) is 2.12. The Hall–Kier alpha value is -0.740. The highest BCUT2D eigenvalue weighted by Gasteiger charge is 2.02. The molecule has 0 spiro atoms. The molecule has 0 aromatic heterocycles. The van der Waals surface area contributed by atoms with Crippen LogP contribution in [0.25, 0.3) is 0 Å². The van der Waals surface area contributed by atoms with Crippen molar-refractivity contribution in [3.8, 4) is 0 Å². The third-order valence-electron chi connectivity index (χ3n) is 1.39. The van der Waals surface area contributed by atoms with Crippen molar-refractivity contribution in [2.24, 2.45) is 0 Å². The van der Waals surface area contributed by atoms with E-state index in [0.29, 0.717) is 17.0 Å². The van der Waals surface area contributed by atoms with Gasteiger partial charge in [-0.3, -0.25) is 0 Å². The van der Waals surface area contributed by atoms with Gasteiger partial charge in [0.2, 0.25) is 10.3 Å². The zero-order valence-corrected chi connectivity index (χ0v) is 8.11. The molecule has 3 nitrogen and oxygen atoms in total. The highest BCUT2D eigenvalue weighted by molar-refractivity contribution is 7.73. The SMILES string of the molecule is COC1=CCC(=S(=O)=O)C=C1.Cl. The van der Waals surface area contributed by atoms with Crippen LogP contribution in [0.2, 0.25) is 0 Å². The van der Waals surface area contributed by atoms with E-state index in [1.54, 1.807) is 25.3 Å². The van der Waals surface area contributed by atoms with E-state index in [1.807, 2.05) is 0 Å². The highest BCUT2D eigenvalue weighted by atomic mass is 35.5. The number of hydrogen-bond donors (Lipinski definition) is 0. The Morgan fingerprint density at radius 2 is 2.08 bits per heavy atom. The number of methoxy groups -OCH3 is 1. The average Bonchev–Trinajstić information content (AvgIpc) is 2.05. The van der Waals surface area contributed by atoms with Crippen molar-refractivity contribution >= 4 is 27.6 Å². The molecule has 0 bridgehead atoms. The Morgan fingerprint density at radius 1 is 1.42 bits per heavy atom. The maximum absolute atomic E-state index is 10.4. The predicted molar refractivity (Wildman–Crippen MR) is 50.0 cm³/mol. The molecule has 0 heterocycles. The zero-order chi connectivity index (χ0) is 8.27. The van der Waals surface area contributed by atoms with E-state index in [0.717, 1.165) is 0 Å². The predicted octanol–water partition coefficient (Wildman–Crippen LogP) is 0.950. The molecular weight excluding hydrogens is 200 g/mol. The molecule has 1 rings (SSSR count). The fourth-order valence-corrected chi connectivity index (χ4v) is 1.19. The van der Waals surface area contributed by atoms with Crippen molar-refractivity contribution in [3.63, 3.8) is 0 Å². The second-order valence-corrected chi connectivity index (χ2v) is 3.04. The van der Waals surface area contributed by atoms with Gasteiger partial charge < -0.3 is 4.74 Å². The number of hydrogen-bond acceptors (Lipinski definition) is 3. The van der Waals surface area contributed by atoms with Crippen LogP contribution in [-0.4, -0.2) is 20.4 Å². The molecule has 0 aromatic rings. The summed E-state index contributed by atoms with van der Waals surface area (Å²) < 4.78 is 25.7. The summed E-state index contributed by atoms with van der Waals surface area (Å²) in [6.45, 7) is 0.